The van der Waals surface area contributed by atoms with E-state index in [-0.39, 0.29) is 17.9 Å². The van der Waals surface area contributed by atoms with Crippen molar-refractivity contribution in [1.82, 2.24) is 19.6 Å². The standard InChI is InChI=1S/C41H46N4O3/c1-6-8-20-43(21-9-7-2)41(47)38-23-29(4)45(42-38)39-19-17-34(31-14-15-33-25-36(48-5)18-16-32(33)24-31)26-37(39)40(46)44-27-35-13-11-10-12-30(35)22-28(44)3/h10-19,23-26,28H,6-9,20-22,27H2,1-5H3/t28-/m1/s1. The van der Waals surface area contributed by atoms with Gasteiger partial charge < -0.3 is 14.5 Å². The number of rotatable bonds is 11. The van der Waals surface area contributed by atoms with E-state index in [0.29, 0.717) is 36.6 Å². The van der Waals surface area contributed by atoms with Crippen molar-refractivity contribution in [2.45, 2.75) is 72.4 Å². The van der Waals surface area contributed by atoms with Crippen LogP contribution in [0.25, 0.3) is 27.6 Å². The zero-order valence-electron chi connectivity index (χ0n) is 28.8. The summed E-state index contributed by atoms with van der Waals surface area (Å²) in [5, 5.41) is 7.04. The molecule has 1 atom stereocenters. The number of aromatic nitrogens is 2. The molecule has 2 amide bonds. The molecule has 5 aromatic rings. The first kappa shape index (κ1) is 33.0. The number of nitrogens with zero attached hydrogens (tertiary/aromatic N) is 4. The highest BCUT2D eigenvalue weighted by molar-refractivity contribution is 6.00. The van der Waals surface area contributed by atoms with Crippen molar-refractivity contribution in [1.29, 1.82) is 0 Å². The third-order valence-electron chi connectivity index (χ3n) is 9.56. The molecule has 1 aromatic heterocycles. The maximum absolute atomic E-state index is 14.7. The van der Waals surface area contributed by atoms with Crippen LogP contribution < -0.4 is 4.74 Å². The minimum Gasteiger partial charge on any atom is -0.497 e. The summed E-state index contributed by atoms with van der Waals surface area (Å²) < 4.78 is 7.20. The fourth-order valence-electron chi connectivity index (χ4n) is 6.71. The van der Waals surface area contributed by atoms with E-state index in [0.717, 1.165) is 65.4 Å². The predicted octanol–water partition coefficient (Wildman–Crippen LogP) is 8.64. The lowest BCUT2D eigenvalue weighted by Gasteiger charge is -2.35. The highest BCUT2D eigenvalue weighted by atomic mass is 16.5. The summed E-state index contributed by atoms with van der Waals surface area (Å²) in [7, 11) is 1.67. The molecule has 0 unspecified atom stereocenters. The van der Waals surface area contributed by atoms with Crippen molar-refractivity contribution in [3.8, 4) is 22.6 Å². The molecule has 0 spiro atoms. The lowest BCUT2D eigenvalue weighted by atomic mass is 9.93. The van der Waals surface area contributed by atoms with Crippen molar-refractivity contribution >= 4 is 22.6 Å². The van der Waals surface area contributed by atoms with Gasteiger partial charge in [-0.3, -0.25) is 9.59 Å². The Morgan fingerprint density at radius 1 is 0.854 bits per heavy atom. The second-order valence-corrected chi connectivity index (χ2v) is 13.0. The zero-order valence-corrected chi connectivity index (χ0v) is 28.8. The summed E-state index contributed by atoms with van der Waals surface area (Å²) in [5.74, 6) is 0.711. The predicted molar refractivity (Wildman–Crippen MR) is 193 cm³/mol. The van der Waals surface area contributed by atoms with Crippen LogP contribution >= 0.6 is 0 Å². The summed E-state index contributed by atoms with van der Waals surface area (Å²) in [5.41, 5.74) is 6.87. The maximum Gasteiger partial charge on any atom is 0.274 e. The number of methoxy groups -OCH3 is 1. The summed E-state index contributed by atoms with van der Waals surface area (Å²) in [6, 6.07) is 28.6. The van der Waals surface area contributed by atoms with Crippen molar-refractivity contribution in [3.63, 3.8) is 0 Å². The number of carbonyl (C=O) groups excluding carboxylic acids is 2. The van der Waals surface area contributed by atoms with Crippen molar-refractivity contribution < 1.29 is 14.3 Å². The third kappa shape index (κ3) is 6.73. The van der Waals surface area contributed by atoms with Crippen LogP contribution in [0.4, 0.5) is 0 Å². The number of aryl methyl sites for hydroxylation is 1. The molecule has 2 heterocycles. The van der Waals surface area contributed by atoms with Crippen LogP contribution in [0.15, 0.2) is 84.9 Å². The molecular formula is C41H46N4O3. The number of fused-ring (bicyclic) bond motifs is 2. The molecule has 0 saturated heterocycles. The van der Waals surface area contributed by atoms with Gasteiger partial charge in [-0.05, 0) is 103 Å². The van der Waals surface area contributed by atoms with Crippen LogP contribution in [0.3, 0.4) is 0 Å². The lowest BCUT2D eigenvalue weighted by Crippen LogP contribution is -2.43. The number of amides is 2. The quantitative estimate of drug-likeness (QED) is 0.145. The van der Waals surface area contributed by atoms with Gasteiger partial charge in [0.25, 0.3) is 11.8 Å². The van der Waals surface area contributed by atoms with Crippen LogP contribution in [-0.2, 0) is 13.0 Å². The summed E-state index contributed by atoms with van der Waals surface area (Å²) >= 11 is 0. The van der Waals surface area contributed by atoms with E-state index >= 15 is 0 Å². The first-order valence-corrected chi connectivity index (χ1v) is 17.3. The Balaban J connectivity index is 1.42. The average molecular weight is 643 g/mol. The van der Waals surface area contributed by atoms with Gasteiger partial charge in [0.15, 0.2) is 5.69 Å². The van der Waals surface area contributed by atoms with Gasteiger partial charge in [-0.25, -0.2) is 4.68 Å². The van der Waals surface area contributed by atoms with Crippen molar-refractivity contribution in [2.24, 2.45) is 0 Å². The molecule has 0 aliphatic carbocycles. The molecule has 7 nitrogen and oxygen atoms in total. The number of carbonyl (C=O) groups is 2. The van der Waals surface area contributed by atoms with Crippen LogP contribution in [-0.4, -0.2) is 57.6 Å². The molecular weight excluding hydrogens is 596 g/mol. The number of benzene rings is 4. The van der Waals surface area contributed by atoms with Crippen LogP contribution in [0.5, 0.6) is 5.75 Å². The van der Waals surface area contributed by atoms with Gasteiger partial charge in [-0.1, -0.05) is 75.2 Å². The van der Waals surface area contributed by atoms with Gasteiger partial charge in [0.1, 0.15) is 5.75 Å². The number of hydrogen-bond donors (Lipinski definition) is 0. The van der Waals surface area contributed by atoms with E-state index < -0.39 is 0 Å². The molecule has 0 bridgehead atoms. The Labute approximate surface area is 284 Å². The second-order valence-electron chi connectivity index (χ2n) is 13.0. The molecule has 48 heavy (non-hydrogen) atoms. The second kappa shape index (κ2) is 14.5. The smallest absolute Gasteiger partial charge is 0.274 e. The van der Waals surface area contributed by atoms with E-state index in [4.69, 9.17) is 9.84 Å². The Kier molecular flexibility index (Phi) is 9.95. The highest BCUT2D eigenvalue weighted by Gasteiger charge is 2.30. The normalized spacial score (nSPS) is 14.2. The van der Waals surface area contributed by atoms with Gasteiger partial charge in [0, 0.05) is 31.4 Å². The lowest BCUT2D eigenvalue weighted by molar-refractivity contribution is 0.0658. The van der Waals surface area contributed by atoms with E-state index in [1.54, 1.807) is 11.8 Å². The first-order chi connectivity index (χ1) is 23.3. The van der Waals surface area contributed by atoms with E-state index in [2.05, 4.69) is 63.2 Å². The van der Waals surface area contributed by atoms with Gasteiger partial charge in [0.05, 0.1) is 18.4 Å². The average Bonchev–Trinajstić information content (AvgIpc) is 3.51. The first-order valence-electron chi connectivity index (χ1n) is 17.3. The Morgan fingerprint density at radius 3 is 2.25 bits per heavy atom. The number of unbranched alkanes of at least 4 members (excludes halogenated alkanes) is 2. The molecule has 4 aromatic carbocycles. The van der Waals surface area contributed by atoms with Crippen molar-refractivity contribution in [3.05, 3.63) is 113 Å². The summed E-state index contributed by atoms with van der Waals surface area (Å²) in [6.07, 6.45) is 4.75. The van der Waals surface area contributed by atoms with Gasteiger partial charge in [-0.2, -0.15) is 5.10 Å². The highest BCUT2D eigenvalue weighted by Crippen LogP contribution is 2.32. The summed E-state index contributed by atoms with van der Waals surface area (Å²) in [4.78, 5) is 32.3. The monoisotopic (exact) mass is 642 g/mol. The topological polar surface area (TPSA) is 67.7 Å². The molecule has 0 radical (unpaired) electrons. The van der Waals surface area contributed by atoms with Gasteiger partial charge in [-0.15, -0.1) is 0 Å². The number of hydrogen-bond acceptors (Lipinski definition) is 4. The minimum atomic E-state index is -0.0581. The summed E-state index contributed by atoms with van der Waals surface area (Å²) in [6.45, 7) is 10.3. The van der Waals surface area contributed by atoms with Gasteiger partial charge >= 0.3 is 0 Å². The molecule has 0 fully saturated rings. The molecule has 7 heteroatoms. The largest absolute Gasteiger partial charge is 0.497 e. The molecule has 0 N–H and O–H groups in total. The molecule has 1 aliphatic heterocycles. The fourth-order valence-corrected chi connectivity index (χ4v) is 6.71. The Morgan fingerprint density at radius 2 is 1.52 bits per heavy atom. The Hall–Kier alpha value is -4.91. The SMILES string of the molecule is CCCCN(CCCC)C(=O)c1cc(C)n(-c2ccc(-c3ccc4cc(OC)ccc4c3)cc2C(=O)N2Cc3ccccc3C[C@H]2C)n1. The van der Waals surface area contributed by atoms with E-state index in [1.165, 1.54) is 11.1 Å². The van der Waals surface area contributed by atoms with E-state index in [9.17, 15) is 9.59 Å². The number of ether oxygens (including phenoxy) is 1. The fraction of sp³-hybridized carbons (Fsp3) is 0.341. The van der Waals surface area contributed by atoms with Gasteiger partial charge in [0.2, 0.25) is 0 Å². The maximum atomic E-state index is 14.7. The third-order valence-corrected chi connectivity index (χ3v) is 9.56. The molecule has 6 rings (SSSR count). The minimum absolute atomic E-state index is 0.0288. The van der Waals surface area contributed by atoms with Crippen LogP contribution in [0.1, 0.15) is 84.1 Å². The zero-order chi connectivity index (χ0) is 33.8. The van der Waals surface area contributed by atoms with Crippen LogP contribution in [0.2, 0.25) is 0 Å². The molecule has 0 saturated carbocycles. The van der Waals surface area contributed by atoms with E-state index in [1.807, 2.05) is 59.2 Å². The molecule has 1 aliphatic rings. The van der Waals surface area contributed by atoms with Crippen LogP contribution in [0, 0.1) is 6.92 Å². The van der Waals surface area contributed by atoms with Crippen molar-refractivity contribution in [2.75, 3.05) is 20.2 Å². The molecule has 248 valence electrons. The Bertz CT molecular complexity index is 1940.